The summed E-state index contributed by atoms with van der Waals surface area (Å²) < 4.78 is 5.42. The lowest BCUT2D eigenvalue weighted by molar-refractivity contribution is 0.0363. The van der Waals surface area contributed by atoms with E-state index < -0.39 is 0 Å². The number of carbonyl (C=O) groups is 1. The van der Waals surface area contributed by atoms with E-state index in [2.05, 4.69) is 48.5 Å². The quantitative estimate of drug-likeness (QED) is 0.538. The van der Waals surface area contributed by atoms with Gasteiger partial charge in [0.1, 0.15) is 5.82 Å². The molecule has 4 heterocycles. The normalized spacial score (nSPS) is 19.0. The zero-order valence-electron chi connectivity index (χ0n) is 19.3. The van der Waals surface area contributed by atoms with Crippen molar-refractivity contribution in [2.24, 2.45) is 0 Å². The van der Waals surface area contributed by atoms with Gasteiger partial charge in [-0.2, -0.15) is 0 Å². The third-order valence-corrected chi connectivity index (χ3v) is 5.61. The SMILES string of the molecule is CC(C)(C)NC(=O)Nc1ccc2c(n1)C=C(C1=CN(CCCN3CCOCC3)NC1)CN2. The average Bonchev–Trinajstić information content (AvgIpc) is 3.21. The Balaban J connectivity index is 1.34. The maximum atomic E-state index is 12.2. The number of rotatable bonds is 6. The number of fused-ring (bicyclic) bond motifs is 1. The van der Waals surface area contributed by atoms with Crippen LogP contribution < -0.4 is 21.4 Å². The van der Waals surface area contributed by atoms with E-state index in [9.17, 15) is 4.79 Å². The minimum Gasteiger partial charge on any atom is -0.379 e. The number of aromatic nitrogens is 1. The first-order chi connectivity index (χ1) is 15.4. The fraction of sp³-hybridized carbons (Fsp3) is 0.565. The second-order valence-corrected chi connectivity index (χ2v) is 9.47. The van der Waals surface area contributed by atoms with Crippen LogP contribution in [0.2, 0.25) is 0 Å². The summed E-state index contributed by atoms with van der Waals surface area (Å²) in [4.78, 5) is 19.3. The van der Waals surface area contributed by atoms with Crippen LogP contribution in [-0.2, 0) is 4.74 Å². The van der Waals surface area contributed by atoms with E-state index in [0.29, 0.717) is 5.82 Å². The van der Waals surface area contributed by atoms with Crippen molar-refractivity contribution in [3.63, 3.8) is 0 Å². The van der Waals surface area contributed by atoms with Crippen LogP contribution in [0.4, 0.5) is 16.3 Å². The molecule has 9 heteroatoms. The molecule has 4 N–H and O–H groups in total. The molecule has 9 nitrogen and oxygen atoms in total. The number of ether oxygens (including phenoxy) is 1. The number of anilines is 2. The predicted molar refractivity (Wildman–Crippen MR) is 127 cm³/mol. The summed E-state index contributed by atoms with van der Waals surface area (Å²) in [7, 11) is 0. The van der Waals surface area contributed by atoms with E-state index in [1.54, 1.807) is 0 Å². The highest BCUT2D eigenvalue weighted by atomic mass is 16.5. The van der Waals surface area contributed by atoms with Crippen molar-refractivity contribution in [3.05, 3.63) is 35.2 Å². The molecule has 1 aromatic heterocycles. The Morgan fingerprint density at radius 1 is 1.16 bits per heavy atom. The number of urea groups is 1. The van der Waals surface area contributed by atoms with Crippen LogP contribution in [0.5, 0.6) is 0 Å². The summed E-state index contributed by atoms with van der Waals surface area (Å²) in [5.41, 5.74) is 7.46. The fourth-order valence-corrected chi connectivity index (χ4v) is 4.00. The summed E-state index contributed by atoms with van der Waals surface area (Å²) in [6.45, 7) is 13.3. The number of amides is 2. The summed E-state index contributed by atoms with van der Waals surface area (Å²) in [6.07, 6.45) is 5.43. The Bertz CT molecular complexity index is 885. The lowest BCUT2D eigenvalue weighted by atomic mass is 10.0. The van der Waals surface area contributed by atoms with Crippen molar-refractivity contribution in [2.45, 2.75) is 32.7 Å². The lowest BCUT2D eigenvalue weighted by Crippen LogP contribution is -2.43. The van der Waals surface area contributed by atoms with Gasteiger partial charge in [-0.25, -0.2) is 15.2 Å². The maximum Gasteiger partial charge on any atom is 0.320 e. The first kappa shape index (κ1) is 22.6. The van der Waals surface area contributed by atoms with Gasteiger partial charge in [0.25, 0.3) is 0 Å². The number of nitrogens with zero attached hydrogens (tertiary/aromatic N) is 3. The van der Waals surface area contributed by atoms with Crippen LogP contribution in [-0.4, -0.2) is 78.9 Å². The predicted octanol–water partition coefficient (Wildman–Crippen LogP) is 2.24. The summed E-state index contributed by atoms with van der Waals surface area (Å²) in [6, 6.07) is 3.52. The monoisotopic (exact) mass is 441 g/mol. The molecule has 0 unspecified atom stereocenters. The summed E-state index contributed by atoms with van der Waals surface area (Å²) in [5, 5.41) is 11.3. The molecule has 1 aromatic rings. The topological polar surface area (TPSA) is 93.8 Å². The molecule has 4 rings (SSSR count). The molecule has 174 valence electrons. The minimum absolute atomic E-state index is 0.256. The van der Waals surface area contributed by atoms with Crippen LogP contribution in [0.25, 0.3) is 6.08 Å². The molecule has 1 saturated heterocycles. The maximum absolute atomic E-state index is 12.2. The van der Waals surface area contributed by atoms with Gasteiger partial charge >= 0.3 is 6.03 Å². The van der Waals surface area contributed by atoms with Crippen molar-refractivity contribution >= 4 is 23.6 Å². The highest BCUT2D eigenvalue weighted by Gasteiger charge is 2.20. The molecule has 0 saturated carbocycles. The lowest BCUT2D eigenvalue weighted by Gasteiger charge is -2.27. The van der Waals surface area contributed by atoms with Gasteiger partial charge in [-0.15, -0.1) is 0 Å². The van der Waals surface area contributed by atoms with Gasteiger partial charge in [0.05, 0.1) is 24.6 Å². The highest BCUT2D eigenvalue weighted by molar-refractivity contribution is 5.89. The molecule has 0 aromatic carbocycles. The van der Waals surface area contributed by atoms with Gasteiger partial charge in [-0.05, 0) is 56.5 Å². The Kier molecular flexibility index (Phi) is 6.98. The molecule has 2 amide bonds. The van der Waals surface area contributed by atoms with E-state index in [-0.39, 0.29) is 11.6 Å². The number of morpholine rings is 1. The molecule has 0 aliphatic carbocycles. The van der Waals surface area contributed by atoms with Crippen LogP contribution in [0, 0.1) is 0 Å². The second-order valence-electron chi connectivity index (χ2n) is 9.47. The van der Waals surface area contributed by atoms with Gasteiger partial charge in [-0.3, -0.25) is 10.2 Å². The van der Waals surface area contributed by atoms with E-state index >= 15 is 0 Å². The van der Waals surface area contributed by atoms with Crippen molar-refractivity contribution in [1.29, 1.82) is 0 Å². The third-order valence-electron chi connectivity index (χ3n) is 5.61. The number of hydrogen-bond acceptors (Lipinski definition) is 7. The van der Waals surface area contributed by atoms with Crippen molar-refractivity contribution in [2.75, 3.05) is 63.1 Å². The zero-order valence-corrected chi connectivity index (χ0v) is 19.3. The van der Waals surface area contributed by atoms with Gasteiger partial charge in [-0.1, -0.05) is 0 Å². The molecule has 0 atom stereocenters. The molecule has 0 radical (unpaired) electrons. The highest BCUT2D eigenvalue weighted by Crippen LogP contribution is 2.28. The fourth-order valence-electron chi connectivity index (χ4n) is 4.00. The van der Waals surface area contributed by atoms with E-state index in [0.717, 1.165) is 70.3 Å². The molecule has 0 spiro atoms. The molecule has 3 aliphatic heterocycles. The molecule has 1 fully saturated rings. The van der Waals surface area contributed by atoms with Crippen molar-refractivity contribution in [1.82, 2.24) is 25.6 Å². The van der Waals surface area contributed by atoms with Crippen molar-refractivity contribution < 1.29 is 9.53 Å². The van der Waals surface area contributed by atoms with Crippen LogP contribution >= 0.6 is 0 Å². The third kappa shape index (κ3) is 6.21. The van der Waals surface area contributed by atoms with Crippen LogP contribution in [0.1, 0.15) is 32.9 Å². The number of pyridine rings is 1. The number of hydrogen-bond donors (Lipinski definition) is 4. The Morgan fingerprint density at radius 2 is 1.97 bits per heavy atom. The number of nitrogens with one attached hydrogen (secondary N) is 4. The zero-order chi connectivity index (χ0) is 22.6. The van der Waals surface area contributed by atoms with E-state index in [4.69, 9.17) is 4.74 Å². The molecule has 0 bridgehead atoms. The van der Waals surface area contributed by atoms with E-state index in [1.807, 2.05) is 32.9 Å². The number of hydrazine groups is 1. The van der Waals surface area contributed by atoms with Crippen LogP contribution in [0.15, 0.2) is 29.5 Å². The molecular weight excluding hydrogens is 406 g/mol. The first-order valence-corrected chi connectivity index (χ1v) is 11.4. The van der Waals surface area contributed by atoms with E-state index in [1.165, 1.54) is 11.1 Å². The standard InChI is InChI=1S/C23H35N7O2/c1-23(2,3)28-22(31)27-21-6-5-19-20(26-21)13-17(14-24-19)18-15-25-30(16-18)8-4-7-29-9-11-32-12-10-29/h5-6,13,16,24-25H,4,7-12,14-15H2,1-3H3,(H2,26,27,28,31). The van der Waals surface area contributed by atoms with Crippen molar-refractivity contribution in [3.8, 4) is 0 Å². The summed E-state index contributed by atoms with van der Waals surface area (Å²) >= 11 is 0. The molecular formula is C23H35N7O2. The smallest absolute Gasteiger partial charge is 0.320 e. The Morgan fingerprint density at radius 3 is 2.75 bits per heavy atom. The first-order valence-electron chi connectivity index (χ1n) is 11.4. The minimum atomic E-state index is -0.303. The average molecular weight is 442 g/mol. The Labute approximate surface area is 190 Å². The van der Waals surface area contributed by atoms with Gasteiger partial charge in [0.15, 0.2) is 0 Å². The van der Waals surface area contributed by atoms with Gasteiger partial charge < -0.3 is 20.4 Å². The summed E-state index contributed by atoms with van der Waals surface area (Å²) in [5.74, 6) is 0.535. The van der Waals surface area contributed by atoms with Crippen LogP contribution in [0.3, 0.4) is 0 Å². The van der Waals surface area contributed by atoms with Gasteiger partial charge in [0, 0.05) is 51.0 Å². The molecule has 32 heavy (non-hydrogen) atoms. The number of carbonyl (C=O) groups excluding carboxylic acids is 1. The van der Waals surface area contributed by atoms with Gasteiger partial charge in [0.2, 0.25) is 0 Å². The second kappa shape index (κ2) is 9.89. The molecule has 3 aliphatic rings. The Hall–Kier alpha value is -2.62. The largest absolute Gasteiger partial charge is 0.379 e.